The van der Waals surface area contributed by atoms with Crippen molar-refractivity contribution < 1.29 is 23.5 Å². The Bertz CT molecular complexity index is 504. The number of hydrogen-bond donors (Lipinski definition) is 1. The third kappa shape index (κ3) is 2.89. The molecular weight excluding hydrogens is 256 g/mol. The first-order valence-electron chi connectivity index (χ1n) is 5.89. The van der Waals surface area contributed by atoms with Crippen molar-refractivity contribution in [2.75, 3.05) is 13.1 Å². The molecule has 0 bridgehead atoms. The molecule has 1 aliphatic heterocycles. The fourth-order valence-corrected chi connectivity index (χ4v) is 2.14. The van der Waals surface area contributed by atoms with Gasteiger partial charge in [-0.15, -0.1) is 0 Å². The lowest BCUT2D eigenvalue weighted by Gasteiger charge is -2.16. The minimum absolute atomic E-state index is 0.132. The van der Waals surface area contributed by atoms with E-state index in [1.807, 2.05) is 0 Å². The van der Waals surface area contributed by atoms with Gasteiger partial charge in [0.05, 0.1) is 5.92 Å². The quantitative estimate of drug-likeness (QED) is 0.914. The van der Waals surface area contributed by atoms with Gasteiger partial charge in [0, 0.05) is 24.2 Å². The Balaban J connectivity index is 2.12. The molecule has 1 amide bonds. The van der Waals surface area contributed by atoms with Gasteiger partial charge in [-0.05, 0) is 18.6 Å². The maximum absolute atomic E-state index is 12.6. The van der Waals surface area contributed by atoms with Crippen molar-refractivity contribution in [1.82, 2.24) is 4.90 Å². The van der Waals surface area contributed by atoms with Gasteiger partial charge in [0.25, 0.3) is 12.3 Å². The van der Waals surface area contributed by atoms with E-state index < -0.39 is 24.2 Å². The Kier molecular flexibility index (Phi) is 3.78. The van der Waals surface area contributed by atoms with E-state index in [2.05, 4.69) is 0 Å². The normalized spacial score (nSPS) is 18.9. The Morgan fingerprint density at radius 2 is 2.11 bits per heavy atom. The van der Waals surface area contributed by atoms with Crippen molar-refractivity contribution in [2.24, 2.45) is 5.92 Å². The summed E-state index contributed by atoms with van der Waals surface area (Å²) in [5.74, 6) is -1.90. The molecular formula is C13H13F2NO3. The molecule has 2 rings (SSSR count). The molecule has 102 valence electrons. The lowest BCUT2D eigenvalue weighted by molar-refractivity contribution is -0.141. The molecule has 0 aromatic heterocycles. The monoisotopic (exact) mass is 269 g/mol. The van der Waals surface area contributed by atoms with Crippen LogP contribution in [0.1, 0.15) is 28.8 Å². The fraction of sp³-hybridized carbons (Fsp3) is 0.385. The molecule has 1 saturated heterocycles. The molecule has 1 fully saturated rings. The molecule has 4 nitrogen and oxygen atoms in total. The van der Waals surface area contributed by atoms with Crippen molar-refractivity contribution in [1.29, 1.82) is 0 Å². The number of carboxylic acid groups (broad SMARTS) is 1. The van der Waals surface area contributed by atoms with Crippen molar-refractivity contribution >= 4 is 11.9 Å². The number of amides is 1. The van der Waals surface area contributed by atoms with Crippen LogP contribution >= 0.6 is 0 Å². The van der Waals surface area contributed by atoms with Gasteiger partial charge in [-0.3, -0.25) is 9.59 Å². The Hall–Kier alpha value is -1.98. The SMILES string of the molecule is O=C(O)C1CCN(C(=O)c2cccc(C(F)F)c2)C1. The number of likely N-dealkylation sites (tertiary alicyclic amines) is 1. The van der Waals surface area contributed by atoms with Gasteiger partial charge in [-0.2, -0.15) is 0 Å². The van der Waals surface area contributed by atoms with Crippen molar-refractivity contribution in [2.45, 2.75) is 12.8 Å². The van der Waals surface area contributed by atoms with Crippen LogP contribution in [0.15, 0.2) is 24.3 Å². The van der Waals surface area contributed by atoms with Crippen LogP contribution in [0.5, 0.6) is 0 Å². The zero-order valence-corrected chi connectivity index (χ0v) is 10.1. The summed E-state index contributed by atoms with van der Waals surface area (Å²) in [6.07, 6.45) is -2.23. The zero-order valence-electron chi connectivity index (χ0n) is 10.1. The average Bonchev–Trinajstić information content (AvgIpc) is 2.87. The topological polar surface area (TPSA) is 57.6 Å². The van der Waals surface area contributed by atoms with Gasteiger partial charge >= 0.3 is 5.97 Å². The number of carboxylic acids is 1. The summed E-state index contributed by atoms with van der Waals surface area (Å²) in [6, 6.07) is 5.27. The maximum atomic E-state index is 12.6. The molecule has 19 heavy (non-hydrogen) atoms. The first kappa shape index (κ1) is 13.5. The van der Waals surface area contributed by atoms with E-state index in [1.54, 1.807) is 0 Å². The van der Waals surface area contributed by atoms with Crippen LogP contribution in [-0.2, 0) is 4.79 Å². The molecule has 1 atom stereocenters. The molecule has 0 aliphatic carbocycles. The van der Waals surface area contributed by atoms with E-state index in [9.17, 15) is 18.4 Å². The second kappa shape index (κ2) is 5.34. The van der Waals surface area contributed by atoms with E-state index in [0.717, 1.165) is 6.07 Å². The number of carbonyl (C=O) groups excluding carboxylic acids is 1. The number of rotatable bonds is 3. The molecule has 1 unspecified atom stereocenters. The van der Waals surface area contributed by atoms with Gasteiger partial charge in [0.1, 0.15) is 0 Å². The van der Waals surface area contributed by atoms with Crippen LogP contribution in [0, 0.1) is 5.92 Å². The highest BCUT2D eigenvalue weighted by Crippen LogP contribution is 2.22. The first-order valence-corrected chi connectivity index (χ1v) is 5.89. The third-order valence-corrected chi connectivity index (χ3v) is 3.21. The average molecular weight is 269 g/mol. The van der Waals surface area contributed by atoms with Crippen LogP contribution in [0.2, 0.25) is 0 Å². The number of carbonyl (C=O) groups is 2. The number of alkyl halides is 2. The minimum atomic E-state index is -2.63. The summed E-state index contributed by atoms with van der Waals surface area (Å²) in [5.41, 5.74) is -0.0383. The molecule has 1 aromatic carbocycles. The summed E-state index contributed by atoms with van der Waals surface area (Å²) in [7, 11) is 0. The second-order valence-electron chi connectivity index (χ2n) is 4.50. The standard InChI is InChI=1S/C13H13F2NO3/c14-11(15)8-2-1-3-9(6-8)12(17)16-5-4-10(7-16)13(18)19/h1-3,6,10-11H,4-5,7H2,(H,18,19). The van der Waals surface area contributed by atoms with E-state index in [4.69, 9.17) is 5.11 Å². The highest BCUT2D eigenvalue weighted by Gasteiger charge is 2.31. The van der Waals surface area contributed by atoms with E-state index in [0.29, 0.717) is 13.0 Å². The summed E-state index contributed by atoms with van der Waals surface area (Å²) in [4.78, 5) is 24.3. The van der Waals surface area contributed by atoms with Crippen LogP contribution in [0.4, 0.5) is 8.78 Å². The number of hydrogen-bond acceptors (Lipinski definition) is 2. The first-order chi connectivity index (χ1) is 8.99. The van der Waals surface area contributed by atoms with Crippen LogP contribution in [0.25, 0.3) is 0 Å². The number of halogens is 2. The number of nitrogens with zero attached hydrogens (tertiary/aromatic N) is 1. The van der Waals surface area contributed by atoms with Crippen molar-refractivity contribution in [3.63, 3.8) is 0 Å². The number of benzene rings is 1. The maximum Gasteiger partial charge on any atom is 0.308 e. The smallest absolute Gasteiger partial charge is 0.308 e. The molecule has 1 aliphatic rings. The largest absolute Gasteiger partial charge is 0.481 e. The van der Waals surface area contributed by atoms with Gasteiger partial charge in [-0.25, -0.2) is 8.78 Å². The zero-order chi connectivity index (χ0) is 14.0. The van der Waals surface area contributed by atoms with Gasteiger partial charge in [0.2, 0.25) is 0 Å². The molecule has 1 aromatic rings. The highest BCUT2D eigenvalue weighted by molar-refractivity contribution is 5.95. The summed E-state index contributed by atoms with van der Waals surface area (Å²) < 4.78 is 25.1. The van der Waals surface area contributed by atoms with E-state index in [-0.39, 0.29) is 17.7 Å². The predicted molar refractivity (Wildman–Crippen MR) is 63.0 cm³/mol. The molecule has 1 heterocycles. The highest BCUT2D eigenvalue weighted by atomic mass is 19.3. The molecule has 6 heteroatoms. The lowest BCUT2D eigenvalue weighted by Crippen LogP contribution is -2.30. The third-order valence-electron chi connectivity index (χ3n) is 3.21. The summed E-state index contributed by atoms with van der Waals surface area (Å²) >= 11 is 0. The molecule has 0 saturated carbocycles. The van der Waals surface area contributed by atoms with Crippen LogP contribution < -0.4 is 0 Å². The van der Waals surface area contributed by atoms with Gasteiger partial charge in [-0.1, -0.05) is 12.1 Å². The Labute approximate surface area is 108 Å². The van der Waals surface area contributed by atoms with Crippen LogP contribution in [-0.4, -0.2) is 35.0 Å². The van der Waals surface area contributed by atoms with Crippen LogP contribution in [0.3, 0.4) is 0 Å². The molecule has 1 N–H and O–H groups in total. The van der Waals surface area contributed by atoms with Gasteiger partial charge < -0.3 is 10.0 Å². The number of aliphatic carboxylic acids is 1. The Morgan fingerprint density at radius 3 is 2.68 bits per heavy atom. The van der Waals surface area contributed by atoms with Gasteiger partial charge in [0.15, 0.2) is 0 Å². The minimum Gasteiger partial charge on any atom is -0.481 e. The Morgan fingerprint density at radius 1 is 1.37 bits per heavy atom. The van der Waals surface area contributed by atoms with E-state index >= 15 is 0 Å². The van der Waals surface area contributed by atoms with E-state index in [1.165, 1.54) is 23.1 Å². The predicted octanol–water partition coefficient (Wildman–Crippen LogP) is 2.17. The van der Waals surface area contributed by atoms with Crippen molar-refractivity contribution in [3.05, 3.63) is 35.4 Å². The molecule has 0 radical (unpaired) electrons. The van der Waals surface area contributed by atoms with Crippen molar-refractivity contribution in [3.8, 4) is 0 Å². The summed E-state index contributed by atoms with van der Waals surface area (Å²) in [5, 5.41) is 8.86. The molecule has 0 spiro atoms. The fourth-order valence-electron chi connectivity index (χ4n) is 2.14. The lowest BCUT2D eigenvalue weighted by atomic mass is 10.1. The summed E-state index contributed by atoms with van der Waals surface area (Å²) in [6.45, 7) is 0.474. The second-order valence-corrected chi connectivity index (χ2v) is 4.50.